The number of thiazole rings is 1. The number of fused-ring (bicyclic) bond motifs is 1. The summed E-state index contributed by atoms with van der Waals surface area (Å²) in [5, 5.41) is 13.3. The Morgan fingerprint density at radius 3 is 2.89 bits per heavy atom. The molecule has 0 amide bonds. The average Bonchev–Trinajstić information content (AvgIpc) is 2.78. The molecule has 0 spiro atoms. The number of nitrogens with one attached hydrogen (secondary N) is 1. The normalized spacial score (nSPS) is 17.6. The summed E-state index contributed by atoms with van der Waals surface area (Å²) in [4.78, 5) is 4.65. The molecule has 1 aliphatic rings. The number of nitrogens with zero attached hydrogens (tertiary/aromatic N) is 2. The Hall–Kier alpha value is -1.57. The molecule has 1 atom stereocenters. The lowest BCUT2D eigenvalue weighted by atomic mass is 9.88. The fourth-order valence-corrected chi connectivity index (χ4v) is 3.45. The van der Waals surface area contributed by atoms with Crippen LogP contribution in [-0.4, -0.2) is 11.0 Å². The second-order valence-corrected chi connectivity index (χ2v) is 5.96. The molecule has 3 rings (SSSR count). The SMILES string of the molecule is N#Cc1sc(NC2CCc3ccccc3C2)nc1Cl. The lowest BCUT2D eigenvalue weighted by molar-refractivity contribution is 0.610. The first-order valence-electron chi connectivity index (χ1n) is 6.16. The third-order valence-electron chi connectivity index (χ3n) is 3.36. The maximum atomic E-state index is 8.88. The Kier molecular flexibility index (Phi) is 3.41. The molecule has 1 unspecified atom stereocenters. The van der Waals surface area contributed by atoms with E-state index >= 15 is 0 Å². The average molecular weight is 290 g/mol. The highest BCUT2D eigenvalue weighted by Gasteiger charge is 2.19. The molecular weight excluding hydrogens is 278 g/mol. The highest BCUT2D eigenvalue weighted by Crippen LogP contribution is 2.29. The van der Waals surface area contributed by atoms with Gasteiger partial charge in [0.2, 0.25) is 0 Å². The highest BCUT2D eigenvalue weighted by atomic mass is 35.5. The van der Waals surface area contributed by atoms with Crippen LogP contribution in [-0.2, 0) is 12.8 Å². The molecule has 5 heteroatoms. The number of aryl methyl sites for hydroxylation is 1. The zero-order chi connectivity index (χ0) is 13.2. The fourth-order valence-electron chi connectivity index (χ4n) is 2.43. The molecule has 1 N–H and O–H groups in total. The van der Waals surface area contributed by atoms with Gasteiger partial charge in [-0.1, -0.05) is 47.2 Å². The minimum atomic E-state index is 0.297. The van der Waals surface area contributed by atoms with Crippen molar-refractivity contribution in [2.45, 2.75) is 25.3 Å². The molecule has 3 nitrogen and oxygen atoms in total. The molecule has 0 fully saturated rings. The summed E-state index contributed by atoms with van der Waals surface area (Å²) in [6.07, 6.45) is 3.16. The van der Waals surface area contributed by atoms with Gasteiger partial charge in [0.05, 0.1) is 0 Å². The number of anilines is 1. The predicted octanol–water partition coefficient (Wildman–Crippen LogP) is 3.64. The van der Waals surface area contributed by atoms with E-state index in [2.05, 4.69) is 40.6 Å². The number of hydrogen-bond acceptors (Lipinski definition) is 4. The van der Waals surface area contributed by atoms with E-state index < -0.39 is 0 Å². The van der Waals surface area contributed by atoms with E-state index in [9.17, 15) is 0 Å². The third kappa shape index (κ3) is 2.58. The number of hydrogen-bond donors (Lipinski definition) is 1. The molecule has 0 radical (unpaired) electrons. The largest absolute Gasteiger partial charge is 0.358 e. The molecule has 0 saturated carbocycles. The van der Waals surface area contributed by atoms with Gasteiger partial charge in [0.15, 0.2) is 10.3 Å². The molecule has 2 aromatic rings. The standard InChI is InChI=1S/C14H12ClN3S/c15-13-12(8-16)19-14(18-13)17-11-6-5-9-3-1-2-4-10(9)7-11/h1-4,11H,5-7H2,(H,17,18). The van der Waals surface area contributed by atoms with Crippen LogP contribution in [0.4, 0.5) is 5.13 Å². The molecule has 1 aliphatic carbocycles. The molecule has 0 aliphatic heterocycles. The van der Waals surface area contributed by atoms with Crippen LogP contribution in [0, 0.1) is 11.3 Å². The van der Waals surface area contributed by atoms with Gasteiger partial charge < -0.3 is 5.32 Å². The van der Waals surface area contributed by atoms with Crippen LogP contribution in [0.15, 0.2) is 24.3 Å². The molecule has 1 heterocycles. The minimum absolute atomic E-state index is 0.297. The summed E-state index contributed by atoms with van der Waals surface area (Å²) in [5.41, 5.74) is 2.84. The van der Waals surface area contributed by atoms with Gasteiger partial charge in [0.25, 0.3) is 0 Å². The van der Waals surface area contributed by atoms with E-state index in [0.717, 1.165) is 24.4 Å². The van der Waals surface area contributed by atoms with Gasteiger partial charge in [0.1, 0.15) is 10.9 Å². The summed E-state index contributed by atoms with van der Waals surface area (Å²) >= 11 is 7.20. The van der Waals surface area contributed by atoms with Crippen LogP contribution >= 0.6 is 22.9 Å². The summed E-state index contributed by atoms with van der Waals surface area (Å²) in [7, 11) is 0. The Morgan fingerprint density at radius 1 is 1.37 bits per heavy atom. The molecule has 0 bridgehead atoms. The second kappa shape index (κ2) is 5.20. The van der Waals surface area contributed by atoms with Crippen molar-refractivity contribution in [2.75, 3.05) is 5.32 Å². The molecule has 1 aromatic heterocycles. The first kappa shape index (κ1) is 12.5. The Morgan fingerprint density at radius 2 is 2.16 bits per heavy atom. The smallest absolute Gasteiger partial charge is 0.185 e. The Balaban J connectivity index is 1.74. The van der Waals surface area contributed by atoms with Crippen LogP contribution in [0.3, 0.4) is 0 Å². The van der Waals surface area contributed by atoms with Crippen LogP contribution in [0.25, 0.3) is 0 Å². The highest BCUT2D eigenvalue weighted by molar-refractivity contribution is 7.16. The fraction of sp³-hybridized carbons (Fsp3) is 0.286. The number of nitriles is 1. The quantitative estimate of drug-likeness (QED) is 0.918. The summed E-state index contributed by atoms with van der Waals surface area (Å²) in [5.74, 6) is 0. The Bertz CT molecular complexity index is 644. The van der Waals surface area contributed by atoms with Gasteiger partial charge in [-0.2, -0.15) is 5.26 Å². The number of benzene rings is 1. The molecular formula is C14H12ClN3S. The van der Waals surface area contributed by atoms with Gasteiger partial charge in [-0.05, 0) is 30.4 Å². The third-order valence-corrected chi connectivity index (χ3v) is 4.64. The Labute approximate surface area is 120 Å². The zero-order valence-corrected chi connectivity index (χ0v) is 11.8. The van der Waals surface area contributed by atoms with Gasteiger partial charge in [-0.15, -0.1) is 0 Å². The van der Waals surface area contributed by atoms with E-state index in [0.29, 0.717) is 16.1 Å². The molecule has 0 saturated heterocycles. The monoisotopic (exact) mass is 289 g/mol. The predicted molar refractivity (Wildman–Crippen MR) is 77.7 cm³/mol. The van der Waals surface area contributed by atoms with Crippen molar-refractivity contribution in [3.63, 3.8) is 0 Å². The van der Waals surface area contributed by atoms with Crippen molar-refractivity contribution in [3.8, 4) is 6.07 Å². The molecule has 19 heavy (non-hydrogen) atoms. The minimum Gasteiger partial charge on any atom is -0.358 e. The van der Waals surface area contributed by atoms with Crippen molar-refractivity contribution < 1.29 is 0 Å². The van der Waals surface area contributed by atoms with Crippen molar-refractivity contribution in [3.05, 3.63) is 45.4 Å². The van der Waals surface area contributed by atoms with Crippen LogP contribution in [0.1, 0.15) is 22.4 Å². The van der Waals surface area contributed by atoms with E-state index in [1.807, 2.05) is 0 Å². The maximum Gasteiger partial charge on any atom is 0.185 e. The van der Waals surface area contributed by atoms with E-state index in [-0.39, 0.29) is 0 Å². The summed E-state index contributed by atoms with van der Waals surface area (Å²) in [6.45, 7) is 0. The molecule has 96 valence electrons. The van der Waals surface area contributed by atoms with E-state index in [1.165, 1.54) is 22.5 Å². The van der Waals surface area contributed by atoms with Gasteiger partial charge >= 0.3 is 0 Å². The van der Waals surface area contributed by atoms with Gasteiger partial charge in [0, 0.05) is 6.04 Å². The van der Waals surface area contributed by atoms with Crippen LogP contribution in [0.2, 0.25) is 5.15 Å². The first-order chi connectivity index (χ1) is 9.26. The van der Waals surface area contributed by atoms with Crippen molar-refractivity contribution in [1.29, 1.82) is 5.26 Å². The van der Waals surface area contributed by atoms with Crippen molar-refractivity contribution in [2.24, 2.45) is 0 Å². The van der Waals surface area contributed by atoms with Gasteiger partial charge in [-0.25, -0.2) is 4.98 Å². The topological polar surface area (TPSA) is 48.7 Å². The summed E-state index contributed by atoms with van der Waals surface area (Å²) in [6, 6.07) is 11.0. The summed E-state index contributed by atoms with van der Waals surface area (Å²) < 4.78 is 0. The maximum absolute atomic E-state index is 8.88. The number of halogens is 1. The van der Waals surface area contributed by atoms with Crippen molar-refractivity contribution >= 4 is 28.1 Å². The second-order valence-electron chi connectivity index (χ2n) is 4.60. The number of rotatable bonds is 2. The lowest BCUT2D eigenvalue weighted by Gasteiger charge is -2.25. The van der Waals surface area contributed by atoms with Crippen LogP contribution < -0.4 is 5.32 Å². The lowest BCUT2D eigenvalue weighted by Crippen LogP contribution is -2.27. The molecule has 1 aromatic carbocycles. The first-order valence-corrected chi connectivity index (χ1v) is 7.35. The van der Waals surface area contributed by atoms with E-state index in [1.54, 1.807) is 0 Å². The number of aromatic nitrogens is 1. The van der Waals surface area contributed by atoms with Crippen molar-refractivity contribution in [1.82, 2.24) is 4.98 Å². The van der Waals surface area contributed by atoms with E-state index in [4.69, 9.17) is 16.9 Å². The zero-order valence-electron chi connectivity index (χ0n) is 10.2. The van der Waals surface area contributed by atoms with Gasteiger partial charge in [-0.3, -0.25) is 0 Å². The van der Waals surface area contributed by atoms with Crippen LogP contribution in [0.5, 0.6) is 0 Å².